The molecule has 114 valence electrons. The second-order valence-corrected chi connectivity index (χ2v) is 6.28. The third-order valence-electron chi connectivity index (χ3n) is 5.14. The van der Waals surface area contributed by atoms with Crippen molar-refractivity contribution in [3.8, 4) is 0 Å². The maximum absolute atomic E-state index is 12.8. The predicted octanol–water partition coefficient (Wildman–Crippen LogP) is 0.376. The van der Waals surface area contributed by atoms with E-state index in [0.717, 1.165) is 19.3 Å². The van der Waals surface area contributed by atoms with Crippen molar-refractivity contribution in [2.24, 2.45) is 29.4 Å². The summed E-state index contributed by atoms with van der Waals surface area (Å²) in [6.45, 7) is 0.496. The molecular formula is C15H20N2O4. The highest BCUT2D eigenvalue weighted by molar-refractivity contribution is 5.91. The van der Waals surface area contributed by atoms with Crippen molar-refractivity contribution in [1.29, 1.82) is 0 Å². The molecular weight excluding hydrogens is 272 g/mol. The Morgan fingerprint density at radius 2 is 1.76 bits per heavy atom. The van der Waals surface area contributed by atoms with Crippen LogP contribution in [-0.2, 0) is 14.4 Å². The van der Waals surface area contributed by atoms with Crippen molar-refractivity contribution in [1.82, 2.24) is 4.90 Å². The van der Waals surface area contributed by atoms with Gasteiger partial charge in [-0.25, -0.2) is 0 Å². The first kappa shape index (κ1) is 14.1. The molecule has 2 bridgehead atoms. The molecule has 21 heavy (non-hydrogen) atoms. The highest BCUT2D eigenvalue weighted by atomic mass is 16.4. The lowest BCUT2D eigenvalue weighted by Crippen LogP contribution is -2.54. The molecule has 2 aliphatic carbocycles. The van der Waals surface area contributed by atoms with Gasteiger partial charge in [-0.05, 0) is 37.5 Å². The summed E-state index contributed by atoms with van der Waals surface area (Å²) in [5.74, 6) is -2.90. The largest absolute Gasteiger partial charge is 0.481 e. The van der Waals surface area contributed by atoms with Crippen molar-refractivity contribution in [3.63, 3.8) is 0 Å². The number of hydrogen-bond acceptors (Lipinski definition) is 3. The third kappa shape index (κ3) is 2.22. The fraction of sp³-hybridized carbons (Fsp3) is 0.667. The lowest BCUT2D eigenvalue weighted by Gasteiger charge is -2.37. The number of allylic oxidation sites excluding steroid dienone is 2. The number of primary amides is 1. The zero-order valence-corrected chi connectivity index (χ0v) is 11.8. The normalized spacial score (nSPS) is 37.7. The Hall–Kier alpha value is -1.85. The number of piperidine rings is 1. The number of carboxylic acids is 1. The number of aliphatic carboxylic acids is 1. The van der Waals surface area contributed by atoms with Crippen LogP contribution in [0.25, 0.3) is 0 Å². The highest BCUT2D eigenvalue weighted by Crippen LogP contribution is 2.49. The molecule has 0 spiro atoms. The molecule has 3 N–H and O–H groups in total. The molecule has 3 rings (SSSR count). The summed E-state index contributed by atoms with van der Waals surface area (Å²) in [6, 6.07) is -0.580. The SMILES string of the molecule is NC(=O)C1CCCCN1C(=O)C1C2C=CC(C2)C1C(=O)O. The van der Waals surface area contributed by atoms with Gasteiger partial charge in [-0.1, -0.05) is 12.2 Å². The van der Waals surface area contributed by atoms with Crippen molar-refractivity contribution < 1.29 is 19.5 Å². The molecule has 6 heteroatoms. The second-order valence-electron chi connectivity index (χ2n) is 6.28. The van der Waals surface area contributed by atoms with Crippen LogP contribution >= 0.6 is 0 Å². The molecule has 5 atom stereocenters. The number of hydrogen-bond donors (Lipinski definition) is 2. The predicted molar refractivity (Wildman–Crippen MR) is 73.9 cm³/mol. The standard InChI is InChI=1S/C15H20N2O4/c16-13(18)10-3-1-2-6-17(10)14(19)11-8-4-5-9(7-8)12(11)15(20)21/h4-5,8-12H,1-3,6-7H2,(H2,16,18)(H,20,21). The number of nitrogens with two attached hydrogens (primary N) is 1. The first-order valence-electron chi connectivity index (χ1n) is 7.51. The van der Waals surface area contributed by atoms with Gasteiger partial charge in [0.2, 0.25) is 11.8 Å². The summed E-state index contributed by atoms with van der Waals surface area (Å²) in [5.41, 5.74) is 5.40. The summed E-state index contributed by atoms with van der Waals surface area (Å²) < 4.78 is 0. The van der Waals surface area contributed by atoms with E-state index in [9.17, 15) is 19.5 Å². The van der Waals surface area contributed by atoms with Crippen molar-refractivity contribution in [2.45, 2.75) is 31.7 Å². The molecule has 5 unspecified atom stereocenters. The molecule has 0 radical (unpaired) electrons. The van der Waals surface area contributed by atoms with Crippen LogP contribution in [0, 0.1) is 23.7 Å². The molecule has 1 aliphatic heterocycles. The zero-order valence-electron chi connectivity index (χ0n) is 11.8. The monoisotopic (exact) mass is 292 g/mol. The summed E-state index contributed by atoms with van der Waals surface area (Å²) in [4.78, 5) is 37.4. The van der Waals surface area contributed by atoms with Gasteiger partial charge in [0.25, 0.3) is 0 Å². The van der Waals surface area contributed by atoms with E-state index in [1.165, 1.54) is 4.90 Å². The topological polar surface area (TPSA) is 101 Å². The zero-order chi connectivity index (χ0) is 15.1. The number of amides is 2. The van der Waals surface area contributed by atoms with Crippen LogP contribution in [0.15, 0.2) is 12.2 Å². The van der Waals surface area contributed by atoms with Crippen LogP contribution in [0.1, 0.15) is 25.7 Å². The molecule has 1 saturated carbocycles. The van der Waals surface area contributed by atoms with Gasteiger partial charge in [-0.15, -0.1) is 0 Å². The number of fused-ring (bicyclic) bond motifs is 2. The fourth-order valence-electron chi connectivity index (χ4n) is 4.18. The minimum absolute atomic E-state index is 0.0148. The van der Waals surface area contributed by atoms with Crippen LogP contribution in [-0.4, -0.2) is 40.4 Å². The number of rotatable bonds is 3. The molecule has 0 aromatic heterocycles. The first-order chi connectivity index (χ1) is 10.0. The van der Waals surface area contributed by atoms with Gasteiger partial charge in [0, 0.05) is 6.54 Å². The van der Waals surface area contributed by atoms with E-state index in [0.29, 0.717) is 13.0 Å². The van der Waals surface area contributed by atoms with Crippen molar-refractivity contribution >= 4 is 17.8 Å². The number of carbonyl (C=O) groups is 3. The summed E-state index contributed by atoms with van der Waals surface area (Å²) in [5, 5.41) is 9.43. The van der Waals surface area contributed by atoms with E-state index >= 15 is 0 Å². The minimum atomic E-state index is -0.919. The Morgan fingerprint density at radius 3 is 2.38 bits per heavy atom. The average molecular weight is 292 g/mol. The van der Waals surface area contributed by atoms with Crippen LogP contribution < -0.4 is 5.73 Å². The number of carboxylic acid groups (broad SMARTS) is 1. The van der Waals surface area contributed by atoms with Crippen LogP contribution in [0.4, 0.5) is 0 Å². The molecule has 3 aliphatic rings. The Labute approximate surface area is 123 Å². The summed E-state index contributed by atoms with van der Waals surface area (Å²) in [7, 11) is 0. The first-order valence-corrected chi connectivity index (χ1v) is 7.51. The van der Waals surface area contributed by atoms with Gasteiger partial charge in [0.15, 0.2) is 0 Å². The molecule has 1 heterocycles. The van der Waals surface area contributed by atoms with Gasteiger partial charge in [0.1, 0.15) is 6.04 Å². The molecule has 1 saturated heterocycles. The number of nitrogens with zero attached hydrogens (tertiary/aromatic N) is 1. The number of carbonyl (C=O) groups excluding carboxylic acids is 2. The molecule has 2 amide bonds. The number of likely N-dealkylation sites (tertiary alicyclic amines) is 1. The van der Waals surface area contributed by atoms with Crippen LogP contribution in [0.5, 0.6) is 0 Å². The Kier molecular flexibility index (Phi) is 3.47. The maximum atomic E-state index is 12.8. The van der Waals surface area contributed by atoms with Gasteiger partial charge < -0.3 is 15.7 Å². The quantitative estimate of drug-likeness (QED) is 0.734. The second kappa shape index (κ2) is 5.16. The highest BCUT2D eigenvalue weighted by Gasteiger charge is 2.53. The van der Waals surface area contributed by atoms with Gasteiger partial charge in [0.05, 0.1) is 11.8 Å². The lowest BCUT2D eigenvalue weighted by molar-refractivity contribution is -0.154. The Morgan fingerprint density at radius 1 is 1.10 bits per heavy atom. The molecule has 0 aromatic rings. The third-order valence-corrected chi connectivity index (χ3v) is 5.14. The average Bonchev–Trinajstić information content (AvgIpc) is 3.06. The minimum Gasteiger partial charge on any atom is -0.481 e. The van der Waals surface area contributed by atoms with E-state index in [1.807, 2.05) is 12.2 Å². The van der Waals surface area contributed by atoms with Crippen molar-refractivity contribution in [2.75, 3.05) is 6.54 Å². The summed E-state index contributed by atoms with van der Waals surface area (Å²) in [6.07, 6.45) is 6.88. The van der Waals surface area contributed by atoms with Gasteiger partial charge in [-0.3, -0.25) is 14.4 Å². The Balaban J connectivity index is 1.85. The smallest absolute Gasteiger partial charge is 0.307 e. The summed E-state index contributed by atoms with van der Waals surface area (Å²) >= 11 is 0. The Bertz CT molecular complexity index is 516. The van der Waals surface area contributed by atoms with Crippen molar-refractivity contribution in [3.05, 3.63) is 12.2 Å². The van der Waals surface area contributed by atoms with E-state index in [2.05, 4.69) is 0 Å². The van der Waals surface area contributed by atoms with Gasteiger partial charge >= 0.3 is 5.97 Å². The van der Waals surface area contributed by atoms with E-state index in [1.54, 1.807) is 0 Å². The van der Waals surface area contributed by atoms with E-state index < -0.39 is 29.8 Å². The molecule has 2 fully saturated rings. The van der Waals surface area contributed by atoms with E-state index in [4.69, 9.17) is 5.73 Å². The van der Waals surface area contributed by atoms with E-state index in [-0.39, 0.29) is 17.7 Å². The van der Waals surface area contributed by atoms with Crippen LogP contribution in [0.3, 0.4) is 0 Å². The van der Waals surface area contributed by atoms with Gasteiger partial charge in [-0.2, -0.15) is 0 Å². The molecule has 6 nitrogen and oxygen atoms in total. The van der Waals surface area contributed by atoms with Crippen LogP contribution in [0.2, 0.25) is 0 Å². The molecule has 0 aromatic carbocycles. The maximum Gasteiger partial charge on any atom is 0.307 e. The lowest BCUT2D eigenvalue weighted by atomic mass is 9.81. The fourth-order valence-corrected chi connectivity index (χ4v) is 4.18.